The number of aryl methyl sites for hydroxylation is 1. The summed E-state index contributed by atoms with van der Waals surface area (Å²) >= 11 is 0. The summed E-state index contributed by atoms with van der Waals surface area (Å²) in [7, 11) is 0. The highest BCUT2D eigenvalue weighted by Gasteiger charge is 2.30. The standard InChI is InChI=1S/C14H18N4O/c1-10-2-6-12(7-3-10)19-9-8-18-13(11-4-5-11)14(15)16-17-18/h2-3,6-7,11H,4-5,8-9,15H2,1H3. The van der Waals surface area contributed by atoms with Crippen LogP contribution in [0.4, 0.5) is 5.82 Å². The molecule has 0 amide bonds. The Balaban J connectivity index is 1.59. The second-order valence-electron chi connectivity index (χ2n) is 5.02. The molecule has 0 spiro atoms. The van der Waals surface area contributed by atoms with Crippen LogP contribution in [-0.2, 0) is 6.54 Å². The predicted molar refractivity (Wildman–Crippen MR) is 73.1 cm³/mol. The molecule has 1 heterocycles. The van der Waals surface area contributed by atoms with E-state index in [2.05, 4.69) is 17.2 Å². The first-order chi connectivity index (χ1) is 9.24. The summed E-state index contributed by atoms with van der Waals surface area (Å²) in [6, 6.07) is 8.04. The number of aromatic nitrogens is 3. The molecule has 5 heteroatoms. The van der Waals surface area contributed by atoms with Crippen molar-refractivity contribution in [3.63, 3.8) is 0 Å². The van der Waals surface area contributed by atoms with Gasteiger partial charge in [0.25, 0.3) is 0 Å². The van der Waals surface area contributed by atoms with Gasteiger partial charge < -0.3 is 10.5 Å². The van der Waals surface area contributed by atoms with Crippen LogP contribution in [0.25, 0.3) is 0 Å². The summed E-state index contributed by atoms with van der Waals surface area (Å²) < 4.78 is 7.58. The van der Waals surface area contributed by atoms with Crippen molar-refractivity contribution in [3.8, 4) is 5.75 Å². The molecule has 0 unspecified atom stereocenters. The van der Waals surface area contributed by atoms with Gasteiger partial charge in [0, 0.05) is 5.92 Å². The number of ether oxygens (including phenoxy) is 1. The van der Waals surface area contributed by atoms with Gasteiger partial charge in [-0.2, -0.15) is 0 Å². The van der Waals surface area contributed by atoms with Crippen LogP contribution >= 0.6 is 0 Å². The van der Waals surface area contributed by atoms with E-state index in [1.165, 1.54) is 18.4 Å². The Morgan fingerprint density at radius 1 is 1.32 bits per heavy atom. The van der Waals surface area contributed by atoms with Crippen LogP contribution in [0.15, 0.2) is 24.3 Å². The summed E-state index contributed by atoms with van der Waals surface area (Å²) in [4.78, 5) is 0. The Hall–Kier alpha value is -2.04. The van der Waals surface area contributed by atoms with Crippen LogP contribution in [-0.4, -0.2) is 21.6 Å². The van der Waals surface area contributed by atoms with Crippen molar-refractivity contribution in [1.29, 1.82) is 0 Å². The minimum Gasteiger partial charge on any atom is -0.492 e. The van der Waals surface area contributed by atoms with Crippen LogP contribution in [0.5, 0.6) is 5.75 Å². The highest BCUT2D eigenvalue weighted by atomic mass is 16.5. The lowest BCUT2D eigenvalue weighted by molar-refractivity contribution is 0.287. The van der Waals surface area contributed by atoms with E-state index < -0.39 is 0 Å². The zero-order valence-corrected chi connectivity index (χ0v) is 11.0. The Labute approximate surface area is 112 Å². The number of rotatable bonds is 5. The van der Waals surface area contributed by atoms with Gasteiger partial charge in [-0.3, -0.25) is 0 Å². The first kappa shape index (κ1) is 12.0. The number of nitrogens with zero attached hydrogens (tertiary/aromatic N) is 3. The van der Waals surface area contributed by atoms with Crippen molar-refractivity contribution in [1.82, 2.24) is 15.0 Å². The van der Waals surface area contributed by atoms with Gasteiger partial charge in [0.2, 0.25) is 0 Å². The van der Waals surface area contributed by atoms with E-state index >= 15 is 0 Å². The average molecular weight is 258 g/mol. The van der Waals surface area contributed by atoms with Crippen LogP contribution in [0, 0.1) is 6.92 Å². The van der Waals surface area contributed by atoms with E-state index in [1.54, 1.807) is 0 Å². The summed E-state index contributed by atoms with van der Waals surface area (Å²) in [6.45, 7) is 3.32. The number of benzene rings is 1. The Kier molecular flexibility index (Phi) is 3.11. The fourth-order valence-electron chi connectivity index (χ4n) is 2.16. The summed E-state index contributed by atoms with van der Waals surface area (Å²) in [6.07, 6.45) is 2.38. The number of anilines is 1. The molecule has 3 rings (SSSR count). The van der Waals surface area contributed by atoms with Gasteiger partial charge in [-0.15, -0.1) is 5.10 Å². The third kappa shape index (κ3) is 2.70. The van der Waals surface area contributed by atoms with Gasteiger partial charge in [-0.1, -0.05) is 22.9 Å². The third-order valence-corrected chi connectivity index (χ3v) is 3.36. The maximum absolute atomic E-state index is 5.85. The van der Waals surface area contributed by atoms with Crippen molar-refractivity contribution in [3.05, 3.63) is 35.5 Å². The van der Waals surface area contributed by atoms with E-state index in [0.29, 0.717) is 24.9 Å². The van der Waals surface area contributed by atoms with E-state index in [4.69, 9.17) is 10.5 Å². The zero-order valence-electron chi connectivity index (χ0n) is 11.0. The summed E-state index contributed by atoms with van der Waals surface area (Å²) in [5.74, 6) is 2.00. The van der Waals surface area contributed by atoms with Crippen molar-refractivity contribution in [2.75, 3.05) is 12.3 Å². The van der Waals surface area contributed by atoms with Crippen LogP contribution < -0.4 is 10.5 Å². The molecular weight excluding hydrogens is 240 g/mol. The molecule has 1 saturated carbocycles. The highest BCUT2D eigenvalue weighted by Crippen LogP contribution is 2.41. The van der Waals surface area contributed by atoms with Crippen molar-refractivity contribution in [2.24, 2.45) is 0 Å². The normalized spacial score (nSPS) is 14.6. The fourth-order valence-corrected chi connectivity index (χ4v) is 2.16. The highest BCUT2D eigenvalue weighted by molar-refractivity contribution is 5.38. The van der Waals surface area contributed by atoms with E-state index in [9.17, 15) is 0 Å². The smallest absolute Gasteiger partial charge is 0.169 e. The molecule has 2 N–H and O–H groups in total. The van der Waals surface area contributed by atoms with Gasteiger partial charge in [0.15, 0.2) is 5.82 Å². The molecule has 1 aliphatic rings. The van der Waals surface area contributed by atoms with Gasteiger partial charge in [-0.25, -0.2) is 4.68 Å². The number of hydrogen-bond acceptors (Lipinski definition) is 4. The molecule has 0 radical (unpaired) electrons. The summed E-state index contributed by atoms with van der Waals surface area (Å²) in [5, 5.41) is 8.03. The maximum atomic E-state index is 5.85. The molecule has 19 heavy (non-hydrogen) atoms. The fraction of sp³-hybridized carbons (Fsp3) is 0.429. The van der Waals surface area contributed by atoms with E-state index in [1.807, 2.05) is 28.9 Å². The van der Waals surface area contributed by atoms with Crippen molar-refractivity contribution < 1.29 is 4.74 Å². The van der Waals surface area contributed by atoms with Gasteiger partial charge >= 0.3 is 0 Å². The average Bonchev–Trinajstić information content (AvgIpc) is 3.17. The second kappa shape index (κ2) is 4.91. The number of nitrogen functional groups attached to an aromatic ring is 1. The minimum atomic E-state index is 0.550. The molecule has 0 saturated heterocycles. The molecular formula is C14H18N4O. The Morgan fingerprint density at radius 2 is 2.05 bits per heavy atom. The first-order valence-corrected chi connectivity index (χ1v) is 6.62. The van der Waals surface area contributed by atoms with Gasteiger partial charge in [-0.05, 0) is 31.9 Å². The lowest BCUT2D eigenvalue weighted by Crippen LogP contribution is -2.12. The van der Waals surface area contributed by atoms with Crippen molar-refractivity contribution >= 4 is 5.82 Å². The first-order valence-electron chi connectivity index (χ1n) is 6.62. The lowest BCUT2D eigenvalue weighted by Gasteiger charge is -2.08. The largest absolute Gasteiger partial charge is 0.492 e. The molecule has 0 aliphatic heterocycles. The van der Waals surface area contributed by atoms with Crippen LogP contribution in [0.3, 0.4) is 0 Å². The molecule has 1 aromatic heterocycles. The monoisotopic (exact) mass is 258 g/mol. The summed E-state index contributed by atoms with van der Waals surface area (Å²) in [5.41, 5.74) is 8.15. The minimum absolute atomic E-state index is 0.550. The molecule has 1 aliphatic carbocycles. The quantitative estimate of drug-likeness (QED) is 0.892. The van der Waals surface area contributed by atoms with Gasteiger partial charge in [0.1, 0.15) is 12.4 Å². The molecule has 1 aromatic carbocycles. The molecule has 1 fully saturated rings. The molecule has 0 atom stereocenters. The van der Waals surface area contributed by atoms with Crippen LogP contribution in [0.1, 0.15) is 30.0 Å². The Morgan fingerprint density at radius 3 is 2.74 bits per heavy atom. The third-order valence-electron chi connectivity index (χ3n) is 3.36. The molecule has 0 bridgehead atoms. The van der Waals surface area contributed by atoms with Crippen molar-refractivity contribution in [2.45, 2.75) is 32.2 Å². The maximum Gasteiger partial charge on any atom is 0.169 e. The topological polar surface area (TPSA) is 66.0 Å². The van der Waals surface area contributed by atoms with E-state index in [-0.39, 0.29) is 0 Å². The lowest BCUT2D eigenvalue weighted by atomic mass is 10.2. The number of hydrogen-bond donors (Lipinski definition) is 1. The zero-order chi connectivity index (χ0) is 13.2. The molecule has 100 valence electrons. The molecule has 5 nitrogen and oxygen atoms in total. The predicted octanol–water partition coefficient (Wildman–Crippen LogP) is 2.13. The second-order valence-corrected chi connectivity index (χ2v) is 5.02. The Bertz CT molecular complexity index is 557. The van der Waals surface area contributed by atoms with E-state index in [0.717, 1.165) is 11.4 Å². The SMILES string of the molecule is Cc1ccc(OCCn2nnc(N)c2C2CC2)cc1. The van der Waals surface area contributed by atoms with Gasteiger partial charge in [0.05, 0.1) is 12.2 Å². The molecule has 2 aromatic rings. The number of nitrogens with two attached hydrogens (primary N) is 1. The van der Waals surface area contributed by atoms with Crippen LogP contribution in [0.2, 0.25) is 0 Å².